The fraction of sp³-hybridized carbons (Fsp3) is 0.727. The van der Waals surface area contributed by atoms with Gasteiger partial charge in [-0.1, -0.05) is 0 Å². The lowest BCUT2D eigenvalue weighted by Gasteiger charge is -2.31. The Morgan fingerprint density at radius 2 is 2.00 bits per heavy atom. The average Bonchev–Trinajstić information content (AvgIpc) is 2.53. The molecule has 2 N–H and O–H groups in total. The van der Waals surface area contributed by atoms with Crippen LogP contribution >= 0.6 is 0 Å². The van der Waals surface area contributed by atoms with Gasteiger partial charge in [-0.25, -0.2) is 8.42 Å². The number of piperidine rings is 1. The van der Waals surface area contributed by atoms with Crippen LogP contribution in [0.2, 0.25) is 0 Å². The van der Waals surface area contributed by atoms with Gasteiger partial charge in [0.2, 0.25) is 10.0 Å². The number of aromatic nitrogens is 2. The van der Waals surface area contributed by atoms with Crippen LogP contribution in [0.5, 0.6) is 0 Å². The molecule has 1 aliphatic heterocycles. The quantitative estimate of drug-likeness (QED) is 0.850. The lowest BCUT2D eigenvalue weighted by atomic mass is 10.1. The number of hydrogen-bond acceptors (Lipinski definition) is 4. The van der Waals surface area contributed by atoms with Crippen LogP contribution < -0.4 is 5.73 Å². The number of rotatable bonds is 2. The Labute approximate surface area is 108 Å². The summed E-state index contributed by atoms with van der Waals surface area (Å²) in [6.07, 6.45) is 2.16. The summed E-state index contributed by atoms with van der Waals surface area (Å²) in [4.78, 5) is 0.308. The number of nitrogens with two attached hydrogens (primary N) is 1. The highest BCUT2D eigenvalue weighted by atomic mass is 32.2. The third-order valence-electron chi connectivity index (χ3n) is 3.51. The topological polar surface area (TPSA) is 81.2 Å². The van der Waals surface area contributed by atoms with Crippen molar-refractivity contribution in [1.82, 2.24) is 14.1 Å². The van der Waals surface area contributed by atoms with Gasteiger partial charge in [-0.3, -0.25) is 4.68 Å². The van der Waals surface area contributed by atoms with Gasteiger partial charge in [0.1, 0.15) is 4.90 Å². The van der Waals surface area contributed by atoms with E-state index in [0.717, 1.165) is 19.3 Å². The van der Waals surface area contributed by atoms with Crippen LogP contribution in [0.4, 0.5) is 0 Å². The molecule has 1 aromatic heterocycles. The second-order valence-corrected chi connectivity index (χ2v) is 6.63. The van der Waals surface area contributed by atoms with Crippen LogP contribution in [-0.4, -0.2) is 35.2 Å². The molecule has 18 heavy (non-hydrogen) atoms. The van der Waals surface area contributed by atoms with Gasteiger partial charge in [0.25, 0.3) is 0 Å². The van der Waals surface area contributed by atoms with Crippen molar-refractivity contribution in [2.45, 2.75) is 44.2 Å². The molecule has 102 valence electrons. The highest BCUT2D eigenvalue weighted by Crippen LogP contribution is 2.27. The first-order valence-corrected chi connectivity index (χ1v) is 7.57. The van der Waals surface area contributed by atoms with E-state index >= 15 is 0 Å². The maximum Gasteiger partial charge on any atom is 0.248 e. The molecule has 0 aliphatic carbocycles. The van der Waals surface area contributed by atoms with E-state index in [2.05, 4.69) is 5.10 Å². The van der Waals surface area contributed by atoms with E-state index in [0.29, 0.717) is 22.8 Å². The molecule has 7 heteroatoms. The first-order chi connectivity index (χ1) is 8.35. The minimum atomic E-state index is -3.53. The molecule has 0 saturated carbocycles. The lowest BCUT2D eigenvalue weighted by molar-refractivity contribution is 0.258. The Bertz CT molecular complexity index is 550. The first kappa shape index (κ1) is 13.5. The lowest BCUT2D eigenvalue weighted by Crippen LogP contribution is -2.48. The molecule has 0 amide bonds. The van der Waals surface area contributed by atoms with E-state index in [9.17, 15) is 8.42 Å². The molecular formula is C11H20N4O2S. The van der Waals surface area contributed by atoms with Crippen molar-refractivity contribution in [1.29, 1.82) is 0 Å². The minimum absolute atomic E-state index is 0.308. The molecule has 2 rings (SSSR count). The van der Waals surface area contributed by atoms with E-state index in [-0.39, 0.29) is 0 Å². The molecule has 1 unspecified atom stereocenters. The predicted octanol–water partition coefficient (Wildman–Crippen LogP) is 0.496. The summed E-state index contributed by atoms with van der Waals surface area (Å²) in [5, 5.41) is 4.17. The molecule has 6 nitrogen and oxygen atoms in total. The van der Waals surface area contributed by atoms with Gasteiger partial charge in [0.05, 0.1) is 17.6 Å². The fourth-order valence-electron chi connectivity index (χ4n) is 2.47. The normalized spacial score (nSPS) is 22.3. The third kappa shape index (κ3) is 2.06. The number of sulfonamides is 1. The predicted molar refractivity (Wildman–Crippen MR) is 68.4 cm³/mol. The molecule has 1 saturated heterocycles. The SMILES string of the molecule is Cc1nn(C)c(C)c1S(=O)(=O)N1CCCCC1N. The van der Waals surface area contributed by atoms with E-state index in [4.69, 9.17) is 5.73 Å². The van der Waals surface area contributed by atoms with Crippen LogP contribution in [-0.2, 0) is 17.1 Å². The molecule has 0 bridgehead atoms. The van der Waals surface area contributed by atoms with E-state index in [1.807, 2.05) is 0 Å². The van der Waals surface area contributed by atoms with Crippen LogP contribution in [0.15, 0.2) is 4.90 Å². The maximum atomic E-state index is 12.6. The number of aryl methyl sites for hydroxylation is 2. The summed E-state index contributed by atoms with van der Waals surface area (Å²) in [7, 11) is -1.78. The molecule has 0 aromatic carbocycles. The molecule has 1 fully saturated rings. The summed E-state index contributed by atoms with van der Waals surface area (Å²) >= 11 is 0. The monoisotopic (exact) mass is 272 g/mol. The van der Waals surface area contributed by atoms with Crippen molar-refractivity contribution in [3.05, 3.63) is 11.4 Å². The standard InChI is InChI=1S/C11H20N4O2S/c1-8-11(9(2)14(3)13-8)18(16,17)15-7-5-4-6-10(15)12/h10H,4-7,12H2,1-3H3. The summed E-state index contributed by atoms with van der Waals surface area (Å²) in [5.74, 6) is 0. The van der Waals surface area contributed by atoms with E-state index < -0.39 is 16.2 Å². The smallest absolute Gasteiger partial charge is 0.248 e. The van der Waals surface area contributed by atoms with Crippen molar-refractivity contribution in [2.75, 3.05) is 6.54 Å². The molecule has 0 radical (unpaired) electrons. The maximum absolute atomic E-state index is 12.6. The number of hydrogen-bond donors (Lipinski definition) is 1. The summed E-state index contributed by atoms with van der Waals surface area (Å²) in [6, 6.07) is 0. The molecule has 1 aliphatic rings. The van der Waals surface area contributed by atoms with Gasteiger partial charge in [0, 0.05) is 13.6 Å². The van der Waals surface area contributed by atoms with Crippen LogP contribution in [0.25, 0.3) is 0 Å². The van der Waals surface area contributed by atoms with Crippen molar-refractivity contribution in [3.8, 4) is 0 Å². The largest absolute Gasteiger partial charge is 0.315 e. The fourth-order valence-corrected chi connectivity index (χ4v) is 4.46. The van der Waals surface area contributed by atoms with Crippen molar-refractivity contribution < 1.29 is 8.42 Å². The van der Waals surface area contributed by atoms with Crippen molar-refractivity contribution >= 4 is 10.0 Å². The Kier molecular flexibility index (Phi) is 3.48. The van der Waals surface area contributed by atoms with Gasteiger partial charge < -0.3 is 5.73 Å². The molecule has 1 aromatic rings. The first-order valence-electron chi connectivity index (χ1n) is 6.13. The van der Waals surface area contributed by atoms with Crippen molar-refractivity contribution in [2.24, 2.45) is 12.8 Å². The Hall–Kier alpha value is -0.920. The molecular weight excluding hydrogens is 252 g/mol. The average molecular weight is 272 g/mol. The Balaban J connectivity index is 2.47. The summed E-state index contributed by atoms with van der Waals surface area (Å²) in [6.45, 7) is 3.98. The van der Waals surface area contributed by atoms with Gasteiger partial charge in [-0.05, 0) is 33.1 Å². The summed E-state index contributed by atoms with van der Waals surface area (Å²) < 4.78 is 28.3. The zero-order chi connectivity index (χ0) is 13.5. The van der Waals surface area contributed by atoms with Gasteiger partial charge in [0.15, 0.2) is 0 Å². The third-order valence-corrected chi connectivity index (χ3v) is 5.69. The highest BCUT2D eigenvalue weighted by Gasteiger charge is 2.35. The summed E-state index contributed by atoms with van der Waals surface area (Å²) in [5.41, 5.74) is 7.12. The van der Waals surface area contributed by atoms with Crippen LogP contribution in [0.3, 0.4) is 0 Å². The second kappa shape index (κ2) is 4.64. The Morgan fingerprint density at radius 3 is 2.50 bits per heavy atom. The van der Waals surface area contributed by atoms with E-state index in [1.54, 1.807) is 25.6 Å². The van der Waals surface area contributed by atoms with Crippen LogP contribution in [0.1, 0.15) is 30.7 Å². The van der Waals surface area contributed by atoms with Crippen LogP contribution in [0, 0.1) is 13.8 Å². The highest BCUT2D eigenvalue weighted by molar-refractivity contribution is 7.89. The number of nitrogens with zero attached hydrogens (tertiary/aromatic N) is 3. The van der Waals surface area contributed by atoms with Gasteiger partial charge >= 0.3 is 0 Å². The van der Waals surface area contributed by atoms with E-state index in [1.165, 1.54) is 4.31 Å². The van der Waals surface area contributed by atoms with Gasteiger partial charge in [-0.15, -0.1) is 0 Å². The molecule has 0 spiro atoms. The molecule has 2 heterocycles. The zero-order valence-electron chi connectivity index (χ0n) is 11.0. The van der Waals surface area contributed by atoms with Crippen molar-refractivity contribution in [3.63, 3.8) is 0 Å². The minimum Gasteiger partial charge on any atom is -0.315 e. The Morgan fingerprint density at radius 1 is 1.33 bits per heavy atom. The zero-order valence-corrected chi connectivity index (χ0v) is 11.9. The van der Waals surface area contributed by atoms with Gasteiger partial charge in [-0.2, -0.15) is 9.40 Å². The molecule has 1 atom stereocenters. The second-order valence-electron chi connectivity index (χ2n) is 4.80.